The molecule has 2 aromatic rings. The first-order valence-corrected chi connectivity index (χ1v) is 4.32. The van der Waals surface area contributed by atoms with Gasteiger partial charge in [-0.3, -0.25) is 9.78 Å². The van der Waals surface area contributed by atoms with Gasteiger partial charge in [-0.1, -0.05) is 0 Å². The molecule has 0 aliphatic carbocycles. The second kappa shape index (κ2) is 4.51. The lowest BCUT2D eigenvalue weighted by Crippen LogP contribution is -2.07. The summed E-state index contributed by atoms with van der Waals surface area (Å²) < 4.78 is 4.99. The standard InChI is InChI=1S/C9H7ClN2O2.ClH/c1-14-5-2-3-7-6(4-5)8(13)12-9(10)11-7;/h2-4H,1H3,(H,11,12,13);1H. The number of benzene rings is 1. The van der Waals surface area contributed by atoms with Crippen LogP contribution in [0.15, 0.2) is 23.0 Å². The average Bonchev–Trinajstić information content (AvgIpc) is 2.17. The molecular formula is C9H8Cl2N2O2. The minimum absolute atomic E-state index is 0. The summed E-state index contributed by atoms with van der Waals surface area (Å²) in [5, 5.41) is 0.557. The van der Waals surface area contributed by atoms with Crippen LogP contribution >= 0.6 is 24.0 Å². The molecule has 0 fully saturated rings. The van der Waals surface area contributed by atoms with Crippen LogP contribution in [0.1, 0.15) is 0 Å². The third-order valence-corrected chi connectivity index (χ3v) is 2.06. The van der Waals surface area contributed by atoms with Crippen molar-refractivity contribution in [2.24, 2.45) is 0 Å². The molecule has 6 heteroatoms. The summed E-state index contributed by atoms with van der Waals surface area (Å²) >= 11 is 5.60. The molecule has 2 rings (SSSR count). The minimum atomic E-state index is -0.265. The number of methoxy groups -OCH3 is 1. The Hall–Kier alpha value is -1.26. The summed E-state index contributed by atoms with van der Waals surface area (Å²) in [6.07, 6.45) is 0. The van der Waals surface area contributed by atoms with E-state index in [2.05, 4.69) is 9.97 Å². The van der Waals surface area contributed by atoms with E-state index in [9.17, 15) is 4.79 Å². The predicted octanol–water partition coefficient (Wildman–Crippen LogP) is 2.01. The smallest absolute Gasteiger partial charge is 0.259 e. The molecular weight excluding hydrogens is 239 g/mol. The maximum Gasteiger partial charge on any atom is 0.259 e. The van der Waals surface area contributed by atoms with Crippen molar-refractivity contribution in [1.82, 2.24) is 9.97 Å². The van der Waals surface area contributed by atoms with Crippen LogP contribution in [-0.2, 0) is 0 Å². The van der Waals surface area contributed by atoms with Crippen molar-refractivity contribution in [2.45, 2.75) is 0 Å². The van der Waals surface area contributed by atoms with E-state index >= 15 is 0 Å². The van der Waals surface area contributed by atoms with E-state index in [1.165, 1.54) is 0 Å². The highest BCUT2D eigenvalue weighted by molar-refractivity contribution is 6.28. The number of fused-ring (bicyclic) bond motifs is 1. The maximum atomic E-state index is 11.4. The van der Waals surface area contributed by atoms with E-state index < -0.39 is 0 Å². The Kier molecular flexibility index (Phi) is 3.55. The summed E-state index contributed by atoms with van der Waals surface area (Å²) in [5.41, 5.74) is 0.290. The zero-order valence-electron chi connectivity index (χ0n) is 7.78. The van der Waals surface area contributed by atoms with Crippen molar-refractivity contribution in [3.63, 3.8) is 0 Å². The fourth-order valence-electron chi connectivity index (χ4n) is 1.22. The quantitative estimate of drug-likeness (QED) is 0.784. The number of aromatic nitrogens is 2. The summed E-state index contributed by atoms with van der Waals surface area (Å²) in [4.78, 5) is 17.8. The first-order chi connectivity index (χ1) is 6.70. The third kappa shape index (κ3) is 2.22. The zero-order chi connectivity index (χ0) is 10.1. The Morgan fingerprint density at radius 1 is 1.47 bits per heavy atom. The van der Waals surface area contributed by atoms with E-state index in [1.807, 2.05) is 0 Å². The Morgan fingerprint density at radius 2 is 2.20 bits per heavy atom. The fourth-order valence-corrected chi connectivity index (χ4v) is 1.39. The fraction of sp³-hybridized carbons (Fsp3) is 0.111. The van der Waals surface area contributed by atoms with Gasteiger partial charge in [0.2, 0.25) is 5.28 Å². The topological polar surface area (TPSA) is 55.0 Å². The molecule has 0 radical (unpaired) electrons. The van der Waals surface area contributed by atoms with Gasteiger partial charge in [0, 0.05) is 0 Å². The highest BCUT2D eigenvalue weighted by atomic mass is 35.5. The molecule has 1 aromatic heterocycles. The second-order valence-corrected chi connectivity index (χ2v) is 3.10. The van der Waals surface area contributed by atoms with Crippen LogP contribution < -0.4 is 10.3 Å². The molecule has 0 bridgehead atoms. The van der Waals surface area contributed by atoms with E-state index in [0.717, 1.165) is 0 Å². The van der Waals surface area contributed by atoms with Crippen LogP contribution in [-0.4, -0.2) is 17.1 Å². The number of hydrogen-bond acceptors (Lipinski definition) is 3. The van der Waals surface area contributed by atoms with Crippen LogP contribution in [0.3, 0.4) is 0 Å². The van der Waals surface area contributed by atoms with Gasteiger partial charge in [-0.2, -0.15) is 0 Å². The molecule has 0 saturated carbocycles. The lowest BCUT2D eigenvalue weighted by atomic mass is 10.2. The Balaban J connectivity index is 0.00000112. The monoisotopic (exact) mass is 246 g/mol. The molecule has 1 aromatic carbocycles. The van der Waals surface area contributed by atoms with Crippen LogP contribution in [0.25, 0.3) is 10.9 Å². The molecule has 4 nitrogen and oxygen atoms in total. The van der Waals surface area contributed by atoms with Crippen LogP contribution in [0.4, 0.5) is 0 Å². The first-order valence-electron chi connectivity index (χ1n) is 3.94. The van der Waals surface area contributed by atoms with Crippen molar-refractivity contribution in [1.29, 1.82) is 0 Å². The molecule has 1 N–H and O–H groups in total. The highest BCUT2D eigenvalue weighted by Crippen LogP contribution is 2.16. The molecule has 0 saturated heterocycles. The molecule has 1 heterocycles. The summed E-state index contributed by atoms with van der Waals surface area (Å²) in [6.45, 7) is 0. The SMILES string of the molecule is COc1ccc2nc(Cl)[nH]c(=O)c2c1.Cl. The van der Waals surface area contributed by atoms with Crippen LogP contribution in [0.2, 0.25) is 5.28 Å². The number of hydrogen-bond donors (Lipinski definition) is 1. The van der Waals surface area contributed by atoms with Gasteiger partial charge in [-0.15, -0.1) is 12.4 Å². The summed E-state index contributed by atoms with van der Waals surface area (Å²) in [7, 11) is 1.54. The van der Waals surface area contributed by atoms with Gasteiger partial charge in [0.25, 0.3) is 5.56 Å². The Labute approximate surface area is 96.6 Å². The van der Waals surface area contributed by atoms with Gasteiger partial charge in [-0.05, 0) is 29.8 Å². The Morgan fingerprint density at radius 3 is 2.87 bits per heavy atom. The maximum absolute atomic E-state index is 11.4. The molecule has 15 heavy (non-hydrogen) atoms. The van der Waals surface area contributed by atoms with Gasteiger partial charge < -0.3 is 4.74 Å². The highest BCUT2D eigenvalue weighted by Gasteiger charge is 2.03. The van der Waals surface area contributed by atoms with Gasteiger partial charge in [0.1, 0.15) is 5.75 Å². The zero-order valence-corrected chi connectivity index (χ0v) is 9.35. The third-order valence-electron chi connectivity index (χ3n) is 1.88. The van der Waals surface area contributed by atoms with E-state index in [4.69, 9.17) is 16.3 Å². The first kappa shape index (κ1) is 11.8. The van der Waals surface area contributed by atoms with Crippen molar-refractivity contribution >= 4 is 34.9 Å². The van der Waals surface area contributed by atoms with Crippen molar-refractivity contribution in [3.05, 3.63) is 33.8 Å². The van der Waals surface area contributed by atoms with Gasteiger partial charge in [0.05, 0.1) is 18.0 Å². The number of rotatable bonds is 1. The number of ether oxygens (including phenoxy) is 1. The van der Waals surface area contributed by atoms with Crippen LogP contribution in [0, 0.1) is 0 Å². The number of aromatic amines is 1. The van der Waals surface area contributed by atoms with Crippen LogP contribution in [0.5, 0.6) is 5.75 Å². The van der Waals surface area contributed by atoms with Gasteiger partial charge >= 0.3 is 0 Å². The molecule has 0 amide bonds. The average molecular weight is 247 g/mol. The largest absolute Gasteiger partial charge is 0.497 e. The number of nitrogens with one attached hydrogen (secondary N) is 1. The lowest BCUT2D eigenvalue weighted by Gasteiger charge is -2.00. The second-order valence-electron chi connectivity index (χ2n) is 2.74. The molecule has 80 valence electrons. The number of H-pyrrole nitrogens is 1. The molecule has 0 unspecified atom stereocenters. The van der Waals surface area contributed by atoms with Gasteiger partial charge in [-0.25, -0.2) is 4.98 Å². The molecule has 0 atom stereocenters. The summed E-state index contributed by atoms with van der Waals surface area (Å²) in [6, 6.07) is 5.04. The lowest BCUT2D eigenvalue weighted by molar-refractivity contribution is 0.415. The van der Waals surface area contributed by atoms with Crippen molar-refractivity contribution in [3.8, 4) is 5.75 Å². The Bertz CT molecular complexity index is 539. The van der Waals surface area contributed by atoms with E-state index in [1.54, 1.807) is 25.3 Å². The minimum Gasteiger partial charge on any atom is -0.497 e. The number of halogens is 2. The van der Waals surface area contributed by atoms with Crippen molar-refractivity contribution in [2.75, 3.05) is 7.11 Å². The predicted molar refractivity (Wildman–Crippen MR) is 61.2 cm³/mol. The normalized spacial score (nSPS) is 9.73. The number of nitrogens with zero attached hydrogens (tertiary/aromatic N) is 1. The molecule has 0 aliphatic rings. The van der Waals surface area contributed by atoms with E-state index in [-0.39, 0.29) is 23.2 Å². The molecule has 0 aliphatic heterocycles. The van der Waals surface area contributed by atoms with E-state index in [0.29, 0.717) is 16.7 Å². The summed E-state index contributed by atoms with van der Waals surface area (Å²) in [5.74, 6) is 0.618. The molecule has 0 spiro atoms. The van der Waals surface area contributed by atoms with Gasteiger partial charge in [0.15, 0.2) is 0 Å². The van der Waals surface area contributed by atoms with Crippen molar-refractivity contribution < 1.29 is 4.74 Å².